The topological polar surface area (TPSA) is 33.7 Å². The molecule has 0 saturated carbocycles. The van der Waals surface area contributed by atoms with Crippen LogP contribution >= 0.6 is 0 Å². The minimum absolute atomic E-state index is 0.314. The van der Waals surface area contributed by atoms with Crippen LogP contribution in [0.15, 0.2) is 0 Å². The first-order valence-electron chi connectivity index (χ1n) is 8.20. The summed E-state index contributed by atoms with van der Waals surface area (Å²) < 4.78 is 11.0. The molecule has 0 heterocycles. The van der Waals surface area contributed by atoms with Gasteiger partial charge in [-0.15, -0.1) is 0 Å². The summed E-state index contributed by atoms with van der Waals surface area (Å²) in [6.07, 6.45) is 1.18. The zero-order valence-electron chi connectivity index (χ0n) is 14.3. The van der Waals surface area contributed by atoms with E-state index in [1.807, 2.05) is 13.8 Å². The van der Waals surface area contributed by atoms with E-state index in [9.17, 15) is 0 Å². The number of hydrogen-bond acceptors (Lipinski definition) is 4. The molecule has 1 N–H and O–H groups in total. The van der Waals surface area contributed by atoms with Crippen LogP contribution in [0.3, 0.4) is 0 Å². The van der Waals surface area contributed by atoms with E-state index >= 15 is 0 Å². The number of nitrogens with one attached hydrogen (secondary N) is 1. The zero-order chi connectivity index (χ0) is 15.3. The van der Waals surface area contributed by atoms with Gasteiger partial charge in [-0.1, -0.05) is 20.8 Å². The van der Waals surface area contributed by atoms with Crippen LogP contribution in [0.5, 0.6) is 0 Å². The van der Waals surface area contributed by atoms with Gasteiger partial charge in [0.15, 0.2) is 0 Å². The van der Waals surface area contributed by atoms with Crippen LogP contribution in [0.25, 0.3) is 0 Å². The van der Waals surface area contributed by atoms with E-state index in [0.717, 1.165) is 59.2 Å². The average Bonchev–Trinajstić information content (AvgIpc) is 2.45. The Kier molecular flexibility index (Phi) is 12.5. The Morgan fingerprint density at radius 1 is 0.950 bits per heavy atom. The zero-order valence-corrected chi connectivity index (χ0v) is 14.3. The van der Waals surface area contributed by atoms with E-state index in [2.05, 4.69) is 31.0 Å². The van der Waals surface area contributed by atoms with Crippen LogP contribution in [0.2, 0.25) is 0 Å². The SMILES string of the molecule is CCNCC(C)(CC)CN(CCOCC)CCOCC. The molecular weight excluding hydrogens is 252 g/mol. The first-order chi connectivity index (χ1) is 9.61. The van der Waals surface area contributed by atoms with Gasteiger partial charge >= 0.3 is 0 Å². The largest absolute Gasteiger partial charge is 0.380 e. The molecule has 0 aliphatic rings. The van der Waals surface area contributed by atoms with Gasteiger partial charge in [-0.3, -0.25) is 4.90 Å². The molecule has 0 saturated heterocycles. The number of rotatable bonds is 14. The molecule has 0 fully saturated rings. The highest BCUT2D eigenvalue weighted by atomic mass is 16.5. The quantitative estimate of drug-likeness (QED) is 0.498. The molecule has 1 unspecified atom stereocenters. The fourth-order valence-electron chi connectivity index (χ4n) is 2.21. The maximum Gasteiger partial charge on any atom is 0.0593 e. The molecule has 0 aliphatic carbocycles. The molecule has 0 aromatic carbocycles. The Labute approximate surface area is 126 Å². The molecule has 0 aromatic rings. The van der Waals surface area contributed by atoms with Crippen molar-refractivity contribution in [2.45, 2.75) is 41.0 Å². The summed E-state index contributed by atoms with van der Waals surface area (Å²) in [4.78, 5) is 2.48. The second kappa shape index (κ2) is 12.6. The monoisotopic (exact) mass is 288 g/mol. The number of nitrogens with zero attached hydrogens (tertiary/aromatic N) is 1. The lowest BCUT2D eigenvalue weighted by Crippen LogP contribution is -2.44. The van der Waals surface area contributed by atoms with Crippen molar-refractivity contribution in [3.8, 4) is 0 Å². The van der Waals surface area contributed by atoms with Gasteiger partial charge in [-0.25, -0.2) is 0 Å². The predicted octanol–water partition coefficient (Wildman–Crippen LogP) is 2.39. The summed E-state index contributed by atoms with van der Waals surface area (Å²) >= 11 is 0. The second-order valence-corrected chi connectivity index (χ2v) is 5.61. The van der Waals surface area contributed by atoms with Crippen molar-refractivity contribution in [2.75, 3.05) is 59.2 Å². The van der Waals surface area contributed by atoms with Crippen LogP contribution < -0.4 is 5.32 Å². The standard InChI is InChI=1S/C16H36N2O2/c1-6-16(5,14-17-7-2)15-18(10-12-19-8-3)11-13-20-9-4/h17H,6-15H2,1-5H3. The molecule has 20 heavy (non-hydrogen) atoms. The Morgan fingerprint density at radius 3 is 1.90 bits per heavy atom. The minimum atomic E-state index is 0.314. The second-order valence-electron chi connectivity index (χ2n) is 5.61. The third-order valence-electron chi connectivity index (χ3n) is 3.77. The van der Waals surface area contributed by atoms with E-state index in [4.69, 9.17) is 9.47 Å². The fourth-order valence-corrected chi connectivity index (χ4v) is 2.21. The lowest BCUT2D eigenvalue weighted by Gasteiger charge is -2.35. The maximum atomic E-state index is 5.50. The van der Waals surface area contributed by atoms with Gasteiger partial charge in [0, 0.05) is 39.4 Å². The van der Waals surface area contributed by atoms with Gasteiger partial charge in [0.05, 0.1) is 13.2 Å². The van der Waals surface area contributed by atoms with Crippen molar-refractivity contribution >= 4 is 0 Å². The Hall–Kier alpha value is -0.160. The van der Waals surface area contributed by atoms with Crippen molar-refractivity contribution in [3.63, 3.8) is 0 Å². The molecule has 4 heteroatoms. The summed E-state index contributed by atoms with van der Waals surface area (Å²) in [5.41, 5.74) is 0.314. The maximum absolute atomic E-state index is 5.50. The molecule has 0 radical (unpaired) electrons. The Morgan fingerprint density at radius 2 is 1.50 bits per heavy atom. The molecule has 122 valence electrons. The van der Waals surface area contributed by atoms with Crippen LogP contribution in [0, 0.1) is 5.41 Å². The summed E-state index contributed by atoms with van der Waals surface area (Å²) in [6.45, 7) is 19.3. The van der Waals surface area contributed by atoms with Gasteiger partial charge in [0.1, 0.15) is 0 Å². The fraction of sp³-hybridized carbons (Fsp3) is 1.00. The van der Waals surface area contributed by atoms with Crippen LogP contribution in [-0.2, 0) is 9.47 Å². The number of ether oxygens (including phenoxy) is 2. The molecule has 0 amide bonds. The lowest BCUT2D eigenvalue weighted by molar-refractivity contribution is 0.0608. The predicted molar refractivity (Wildman–Crippen MR) is 86.4 cm³/mol. The van der Waals surface area contributed by atoms with E-state index in [-0.39, 0.29) is 0 Å². The van der Waals surface area contributed by atoms with Gasteiger partial charge in [-0.05, 0) is 32.2 Å². The van der Waals surface area contributed by atoms with Gasteiger partial charge in [-0.2, -0.15) is 0 Å². The molecule has 0 bridgehead atoms. The van der Waals surface area contributed by atoms with Crippen molar-refractivity contribution in [3.05, 3.63) is 0 Å². The lowest BCUT2D eigenvalue weighted by atomic mass is 9.86. The van der Waals surface area contributed by atoms with E-state index in [1.54, 1.807) is 0 Å². The normalized spacial score (nSPS) is 14.7. The first-order valence-corrected chi connectivity index (χ1v) is 8.20. The van der Waals surface area contributed by atoms with Crippen LogP contribution in [-0.4, -0.2) is 64.1 Å². The third-order valence-corrected chi connectivity index (χ3v) is 3.77. The minimum Gasteiger partial charge on any atom is -0.380 e. The van der Waals surface area contributed by atoms with Gasteiger partial charge in [0.25, 0.3) is 0 Å². The molecule has 0 aromatic heterocycles. The summed E-state index contributed by atoms with van der Waals surface area (Å²) in [7, 11) is 0. The van der Waals surface area contributed by atoms with E-state index in [0.29, 0.717) is 5.41 Å². The molecular formula is C16H36N2O2. The average molecular weight is 288 g/mol. The van der Waals surface area contributed by atoms with Crippen molar-refractivity contribution < 1.29 is 9.47 Å². The highest BCUT2D eigenvalue weighted by Gasteiger charge is 2.24. The molecule has 0 spiro atoms. The molecule has 4 nitrogen and oxygen atoms in total. The Bertz CT molecular complexity index is 205. The van der Waals surface area contributed by atoms with E-state index < -0.39 is 0 Å². The van der Waals surface area contributed by atoms with E-state index in [1.165, 1.54) is 6.42 Å². The van der Waals surface area contributed by atoms with Crippen molar-refractivity contribution in [1.29, 1.82) is 0 Å². The third kappa shape index (κ3) is 9.70. The van der Waals surface area contributed by atoms with Crippen molar-refractivity contribution in [1.82, 2.24) is 10.2 Å². The van der Waals surface area contributed by atoms with Crippen molar-refractivity contribution in [2.24, 2.45) is 5.41 Å². The number of hydrogen-bond donors (Lipinski definition) is 1. The highest BCUT2D eigenvalue weighted by Crippen LogP contribution is 2.21. The van der Waals surface area contributed by atoms with Crippen LogP contribution in [0.1, 0.15) is 41.0 Å². The molecule has 1 atom stereocenters. The van der Waals surface area contributed by atoms with Gasteiger partial charge in [0.2, 0.25) is 0 Å². The van der Waals surface area contributed by atoms with Gasteiger partial charge < -0.3 is 14.8 Å². The summed E-state index contributed by atoms with van der Waals surface area (Å²) in [5.74, 6) is 0. The first kappa shape index (κ1) is 19.8. The molecule has 0 rings (SSSR count). The highest BCUT2D eigenvalue weighted by molar-refractivity contribution is 4.79. The Balaban J connectivity index is 4.32. The molecule has 0 aliphatic heterocycles. The summed E-state index contributed by atoms with van der Waals surface area (Å²) in [5, 5.41) is 3.49. The van der Waals surface area contributed by atoms with Crippen LogP contribution in [0.4, 0.5) is 0 Å². The summed E-state index contributed by atoms with van der Waals surface area (Å²) in [6, 6.07) is 0. The smallest absolute Gasteiger partial charge is 0.0593 e.